The van der Waals surface area contributed by atoms with Crippen molar-refractivity contribution >= 4 is 5.69 Å². The maximum Gasteiger partial charge on any atom is 0.0987 e. The van der Waals surface area contributed by atoms with E-state index in [2.05, 4.69) is 20.4 Å². The third-order valence-electron chi connectivity index (χ3n) is 2.65. The molecule has 0 heterocycles. The average Bonchev–Trinajstić information content (AvgIpc) is 2.18. The van der Waals surface area contributed by atoms with Gasteiger partial charge in [0.15, 0.2) is 0 Å². The van der Waals surface area contributed by atoms with E-state index in [0.717, 1.165) is 17.0 Å². The first-order chi connectivity index (χ1) is 6.98. The molecule has 0 atom stereocenters. The quantitative estimate of drug-likeness (QED) is 0.605. The average molecular weight is 205 g/mol. The zero-order valence-electron chi connectivity index (χ0n) is 9.71. The largest absolute Gasteiger partial charge is 0.498 e. The molecule has 1 aromatic carbocycles. The highest BCUT2D eigenvalue weighted by Gasteiger charge is 2.25. The Labute approximate surface area is 91.7 Å². The number of hydrogen-bond acceptors (Lipinski definition) is 2. The summed E-state index contributed by atoms with van der Waals surface area (Å²) in [7, 11) is 0. The molecule has 2 nitrogen and oxygen atoms in total. The molecule has 0 amide bonds. The summed E-state index contributed by atoms with van der Waals surface area (Å²) in [5.41, 5.74) is 7.41. The molecule has 0 aliphatic carbocycles. The number of hydrogen-bond donors (Lipinski definition) is 1. The predicted molar refractivity (Wildman–Crippen MR) is 64.6 cm³/mol. The molecule has 0 fully saturated rings. The lowest BCUT2D eigenvalue weighted by Crippen LogP contribution is -2.21. The van der Waals surface area contributed by atoms with Gasteiger partial charge in [-0.2, -0.15) is 0 Å². The van der Waals surface area contributed by atoms with E-state index in [4.69, 9.17) is 10.5 Å². The SMILES string of the molecule is C=C(OCC)C(C)(C)c1ccc(N)cc1. The van der Waals surface area contributed by atoms with Crippen LogP contribution in [0.25, 0.3) is 0 Å². The Bertz CT molecular complexity index is 338. The van der Waals surface area contributed by atoms with E-state index in [0.29, 0.717) is 6.61 Å². The highest BCUT2D eigenvalue weighted by atomic mass is 16.5. The van der Waals surface area contributed by atoms with E-state index in [1.807, 2.05) is 31.2 Å². The van der Waals surface area contributed by atoms with Gasteiger partial charge in [0.25, 0.3) is 0 Å². The Kier molecular flexibility index (Phi) is 3.40. The molecule has 0 spiro atoms. The molecule has 0 saturated carbocycles. The summed E-state index contributed by atoms with van der Waals surface area (Å²) in [4.78, 5) is 0. The van der Waals surface area contributed by atoms with Crippen LogP contribution in [-0.2, 0) is 10.2 Å². The Balaban J connectivity index is 2.94. The fourth-order valence-electron chi connectivity index (χ4n) is 1.42. The summed E-state index contributed by atoms with van der Waals surface area (Å²) in [5, 5.41) is 0. The molecule has 0 aliphatic heterocycles. The van der Waals surface area contributed by atoms with Gasteiger partial charge in [-0.3, -0.25) is 0 Å². The molecule has 82 valence electrons. The van der Waals surface area contributed by atoms with Gasteiger partial charge in [-0.15, -0.1) is 0 Å². The third-order valence-corrected chi connectivity index (χ3v) is 2.65. The fraction of sp³-hybridized carbons (Fsp3) is 0.385. The molecule has 1 rings (SSSR count). The van der Waals surface area contributed by atoms with Crippen LogP contribution in [0.5, 0.6) is 0 Å². The summed E-state index contributed by atoms with van der Waals surface area (Å²) in [6, 6.07) is 7.83. The Morgan fingerprint density at radius 1 is 1.33 bits per heavy atom. The van der Waals surface area contributed by atoms with Gasteiger partial charge >= 0.3 is 0 Å². The lowest BCUT2D eigenvalue weighted by Gasteiger charge is -2.27. The second-order valence-corrected chi connectivity index (χ2v) is 4.10. The topological polar surface area (TPSA) is 35.2 Å². The van der Waals surface area contributed by atoms with Crippen molar-refractivity contribution in [3.05, 3.63) is 42.2 Å². The molecule has 2 heteroatoms. The van der Waals surface area contributed by atoms with E-state index < -0.39 is 0 Å². The van der Waals surface area contributed by atoms with Crippen LogP contribution in [-0.4, -0.2) is 6.61 Å². The van der Waals surface area contributed by atoms with Crippen LogP contribution in [0, 0.1) is 0 Å². The van der Waals surface area contributed by atoms with Crippen molar-refractivity contribution in [2.24, 2.45) is 0 Å². The van der Waals surface area contributed by atoms with Crippen molar-refractivity contribution in [2.45, 2.75) is 26.2 Å². The molecule has 0 bridgehead atoms. The van der Waals surface area contributed by atoms with E-state index in [9.17, 15) is 0 Å². The molecule has 2 N–H and O–H groups in total. The van der Waals surface area contributed by atoms with Gasteiger partial charge in [0.05, 0.1) is 12.4 Å². The maximum absolute atomic E-state index is 5.65. The monoisotopic (exact) mass is 205 g/mol. The van der Waals surface area contributed by atoms with Gasteiger partial charge in [-0.05, 0) is 38.5 Å². The van der Waals surface area contributed by atoms with Gasteiger partial charge in [0.1, 0.15) is 0 Å². The number of nitrogens with two attached hydrogens (primary N) is 1. The van der Waals surface area contributed by atoms with Crippen molar-refractivity contribution in [1.82, 2.24) is 0 Å². The van der Waals surface area contributed by atoms with Crippen LogP contribution < -0.4 is 5.73 Å². The number of rotatable bonds is 4. The fourth-order valence-corrected chi connectivity index (χ4v) is 1.42. The van der Waals surface area contributed by atoms with Crippen molar-refractivity contribution < 1.29 is 4.74 Å². The minimum Gasteiger partial charge on any atom is -0.498 e. The Morgan fingerprint density at radius 3 is 2.33 bits per heavy atom. The molecule has 15 heavy (non-hydrogen) atoms. The van der Waals surface area contributed by atoms with E-state index in [-0.39, 0.29) is 5.41 Å². The highest BCUT2D eigenvalue weighted by Crippen LogP contribution is 2.31. The van der Waals surface area contributed by atoms with E-state index in [1.165, 1.54) is 0 Å². The lowest BCUT2D eigenvalue weighted by molar-refractivity contribution is 0.187. The van der Waals surface area contributed by atoms with Crippen LogP contribution in [0.15, 0.2) is 36.6 Å². The standard InChI is InChI=1S/C13H19NO/c1-5-15-10(2)13(3,4)11-6-8-12(14)9-7-11/h6-9H,2,5,14H2,1,3-4H3. The molecule has 0 aliphatic rings. The zero-order chi connectivity index (χ0) is 11.5. The summed E-state index contributed by atoms with van der Waals surface area (Å²) in [6.45, 7) is 10.8. The van der Waals surface area contributed by atoms with Crippen LogP contribution in [0.4, 0.5) is 5.69 Å². The first kappa shape index (κ1) is 11.6. The molecule has 0 saturated heterocycles. The summed E-state index contributed by atoms with van der Waals surface area (Å²) in [5.74, 6) is 0.787. The van der Waals surface area contributed by atoms with Crippen LogP contribution in [0.3, 0.4) is 0 Å². The van der Waals surface area contributed by atoms with Crippen molar-refractivity contribution in [1.29, 1.82) is 0 Å². The number of ether oxygens (including phenoxy) is 1. The highest BCUT2D eigenvalue weighted by molar-refractivity contribution is 5.43. The lowest BCUT2D eigenvalue weighted by atomic mass is 9.83. The van der Waals surface area contributed by atoms with Crippen LogP contribution in [0.1, 0.15) is 26.3 Å². The first-order valence-corrected chi connectivity index (χ1v) is 5.16. The van der Waals surface area contributed by atoms with Gasteiger partial charge in [0.2, 0.25) is 0 Å². The van der Waals surface area contributed by atoms with Gasteiger partial charge < -0.3 is 10.5 Å². The van der Waals surface area contributed by atoms with Crippen LogP contribution >= 0.6 is 0 Å². The van der Waals surface area contributed by atoms with Gasteiger partial charge in [0, 0.05) is 11.1 Å². The number of nitrogen functional groups attached to an aromatic ring is 1. The predicted octanol–water partition coefficient (Wildman–Crippen LogP) is 3.10. The Morgan fingerprint density at radius 2 is 1.87 bits per heavy atom. The molecular formula is C13H19NO. The van der Waals surface area contributed by atoms with Crippen LogP contribution in [0.2, 0.25) is 0 Å². The smallest absolute Gasteiger partial charge is 0.0987 e. The zero-order valence-corrected chi connectivity index (χ0v) is 9.71. The molecule has 0 aromatic heterocycles. The second kappa shape index (κ2) is 4.39. The minimum absolute atomic E-state index is 0.177. The minimum atomic E-state index is -0.177. The van der Waals surface area contributed by atoms with Crippen molar-refractivity contribution in [2.75, 3.05) is 12.3 Å². The Hall–Kier alpha value is -1.44. The number of allylic oxidation sites excluding steroid dienone is 1. The first-order valence-electron chi connectivity index (χ1n) is 5.16. The van der Waals surface area contributed by atoms with Gasteiger partial charge in [-0.25, -0.2) is 0 Å². The molecule has 1 aromatic rings. The normalized spacial score (nSPS) is 11.1. The number of benzene rings is 1. The second-order valence-electron chi connectivity index (χ2n) is 4.10. The summed E-state index contributed by atoms with van der Waals surface area (Å²) < 4.78 is 5.47. The van der Waals surface area contributed by atoms with Crippen molar-refractivity contribution in [3.8, 4) is 0 Å². The summed E-state index contributed by atoms with van der Waals surface area (Å²) >= 11 is 0. The summed E-state index contributed by atoms with van der Waals surface area (Å²) in [6.07, 6.45) is 0. The van der Waals surface area contributed by atoms with Gasteiger partial charge in [-0.1, -0.05) is 18.7 Å². The molecule has 0 unspecified atom stereocenters. The van der Waals surface area contributed by atoms with E-state index in [1.54, 1.807) is 0 Å². The van der Waals surface area contributed by atoms with E-state index >= 15 is 0 Å². The van der Waals surface area contributed by atoms with Crippen molar-refractivity contribution in [3.63, 3.8) is 0 Å². The number of anilines is 1. The molecule has 0 radical (unpaired) electrons. The third kappa shape index (κ3) is 2.52. The maximum atomic E-state index is 5.65. The molecular weight excluding hydrogens is 186 g/mol.